The molecule has 0 atom stereocenters. The molecule has 32 heavy (non-hydrogen) atoms. The monoisotopic (exact) mass is 448 g/mol. The average molecular weight is 449 g/mol. The fraction of sp³-hybridized carbons (Fsp3) is 0.308. The highest BCUT2D eigenvalue weighted by Gasteiger charge is 2.35. The van der Waals surface area contributed by atoms with E-state index in [1.54, 1.807) is 0 Å². The molecular formula is C26H28N2O3S. The molecule has 5 nitrogen and oxygen atoms in total. The number of para-hydroxylation sites is 1. The summed E-state index contributed by atoms with van der Waals surface area (Å²) in [5.74, 6) is 0.885. The number of aromatic nitrogens is 1. The lowest BCUT2D eigenvalue weighted by atomic mass is 10.0. The van der Waals surface area contributed by atoms with Crippen molar-refractivity contribution in [1.29, 1.82) is 0 Å². The van der Waals surface area contributed by atoms with Crippen molar-refractivity contribution in [3.63, 3.8) is 0 Å². The van der Waals surface area contributed by atoms with E-state index in [-0.39, 0.29) is 24.3 Å². The van der Waals surface area contributed by atoms with Gasteiger partial charge in [0.2, 0.25) is 0 Å². The molecule has 1 saturated heterocycles. The average Bonchev–Trinajstić information content (AvgIpc) is 3.25. The second kappa shape index (κ2) is 9.25. The number of amides is 2. The van der Waals surface area contributed by atoms with Crippen LogP contribution in [0.1, 0.15) is 43.4 Å². The maximum atomic E-state index is 13.0. The number of benzene rings is 2. The molecule has 4 rings (SSSR count). The molecule has 2 amide bonds. The van der Waals surface area contributed by atoms with Gasteiger partial charge in [0.1, 0.15) is 12.4 Å². The van der Waals surface area contributed by atoms with E-state index >= 15 is 0 Å². The number of hydrogen-bond donors (Lipinski definition) is 0. The van der Waals surface area contributed by atoms with Gasteiger partial charge in [-0.3, -0.25) is 14.5 Å². The van der Waals surface area contributed by atoms with E-state index in [0.29, 0.717) is 10.8 Å². The fourth-order valence-corrected chi connectivity index (χ4v) is 4.83. The standard InChI is InChI=1S/C26H28N2O3S/c1-5-27-16-19(21-8-6-7-9-22(21)27)15-24-25(29)28(26(30)32-24)12-13-31-23-14-18(4)10-11-20(23)17(2)3/h6-11,14-17H,5,12-13H2,1-4H3/b24-15-. The molecule has 0 unspecified atom stereocenters. The summed E-state index contributed by atoms with van der Waals surface area (Å²) in [6.45, 7) is 9.68. The van der Waals surface area contributed by atoms with E-state index < -0.39 is 0 Å². The molecule has 1 aliphatic rings. The first kappa shape index (κ1) is 22.2. The lowest BCUT2D eigenvalue weighted by Crippen LogP contribution is -2.32. The zero-order valence-electron chi connectivity index (χ0n) is 18.9. The highest BCUT2D eigenvalue weighted by atomic mass is 32.2. The first-order chi connectivity index (χ1) is 15.4. The Morgan fingerprint density at radius 3 is 2.66 bits per heavy atom. The molecule has 1 aliphatic heterocycles. The largest absolute Gasteiger partial charge is 0.491 e. The van der Waals surface area contributed by atoms with Gasteiger partial charge < -0.3 is 9.30 Å². The molecule has 0 N–H and O–H groups in total. The highest BCUT2D eigenvalue weighted by Crippen LogP contribution is 2.34. The quantitative estimate of drug-likeness (QED) is 0.403. The molecule has 3 aromatic rings. The van der Waals surface area contributed by atoms with E-state index in [9.17, 15) is 9.59 Å². The van der Waals surface area contributed by atoms with Gasteiger partial charge in [0, 0.05) is 29.2 Å². The van der Waals surface area contributed by atoms with Crippen molar-refractivity contribution in [1.82, 2.24) is 9.47 Å². The van der Waals surface area contributed by atoms with Gasteiger partial charge in [-0.25, -0.2) is 0 Å². The van der Waals surface area contributed by atoms with Crippen LogP contribution in [0, 0.1) is 6.92 Å². The molecule has 2 heterocycles. The third-order valence-corrected chi connectivity index (χ3v) is 6.59. The zero-order valence-corrected chi connectivity index (χ0v) is 19.7. The van der Waals surface area contributed by atoms with Crippen molar-refractivity contribution in [3.8, 4) is 5.75 Å². The molecule has 6 heteroatoms. The Hall–Kier alpha value is -2.99. The van der Waals surface area contributed by atoms with Crippen LogP contribution in [0.25, 0.3) is 17.0 Å². The van der Waals surface area contributed by atoms with Gasteiger partial charge in [0.25, 0.3) is 11.1 Å². The Morgan fingerprint density at radius 2 is 1.91 bits per heavy atom. The first-order valence-corrected chi connectivity index (χ1v) is 11.8. The predicted molar refractivity (Wildman–Crippen MR) is 131 cm³/mol. The van der Waals surface area contributed by atoms with E-state index in [4.69, 9.17) is 4.74 Å². The number of rotatable bonds is 7. The summed E-state index contributed by atoms with van der Waals surface area (Å²) < 4.78 is 8.14. The molecule has 0 saturated carbocycles. The smallest absolute Gasteiger partial charge is 0.293 e. The van der Waals surface area contributed by atoms with Crippen molar-refractivity contribution in [2.75, 3.05) is 13.2 Å². The number of carbonyl (C=O) groups excluding carboxylic acids is 2. The predicted octanol–water partition coefficient (Wildman–Crippen LogP) is 6.21. The van der Waals surface area contributed by atoms with Crippen LogP contribution in [0.15, 0.2) is 53.6 Å². The van der Waals surface area contributed by atoms with Crippen LogP contribution in [0.5, 0.6) is 5.75 Å². The van der Waals surface area contributed by atoms with Crippen LogP contribution in [-0.4, -0.2) is 33.8 Å². The fourth-order valence-electron chi connectivity index (χ4n) is 3.98. The van der Waals surface area contributed by atoms with Crippen molar-refractivity contribution in [3.05, 3.63) is 70.3 Å². The second-order valence-corrected chi connectivity index (χ2v) is 9.26. The molecule has 166 valence electrons. The van der Waals surface area contributed by atoms with E-state index in [0.717, 1.165) is 51.6 Å². The Bertz CT molecular complexity index is 1210. The summed E-state index contributed by atoms with van der Waals surface area (Å²) in [5.41, 5.74) is 4.31. The van der Waals surface area contributed by atoms with Gasteiger partial charge in [-0.2, -0.15) is 0 Å². The third kappa shape index (κ3) is 4.32. The number of nitrogens with zero attached hydrogens (tertiary/aromatic N) is 2. The minimum absolute atomic E-state index is 0.226. The topological polar surface area (TPSA) is 51.5 Å². The third-order valence-electron chi connectivity index (χ3n) is 5.68. The zero-order chi connectivity index (χ0) is 22.8. The van der Waals surface area contributed by atoms with E-state index in [1.165, 1.54) is 4.90 Å². The summed E-state index contributed by atoms with van der Waals surface area (Å²) in [5, 5.41) is 0.822. The number of aryl methyl sites for hydroxylation is 2. The number of thioether (sulfide) groups is 1. The van der Waals surface area contributed by atoms with Crippen molar-refractivity contribution in [2.24, 2.45) is 0 Å². The lowest BCUT2D eigenvalue weighted by molar-refractivity contribution is -0.123. The first-order valence-electron chi connectivity index (χ1n) is 11.0. The Labute approximate surface area is 193 Å². The van der Waals surface area contributed by atoms with Gasteiger partial charge in [-0.15, -0.1) is 0 Å². The molecule has 1 fully saturated rings. The van der Waals surface area contributed by atoms with Crippen LogP contribution in [-0.2, 0) is 11.3 Å². The van der Waals surface area contributed by atoms with Crippen molar-refractivity contribution in [2.45, 2.75) is 40.2 Å². The SMILES string of the molecule is CCn1cc(/C=C2\SC(=O)N(CCOc3cc(C)ccc3C(C)C)C2=O)c2ccccc21. The number of fused-ring (bicyclic) bond motifs is 1. The Morgan fingerprint density at radius 1 is 1.12 bits per heavy atom. The maximum absolute atomic E-state index is 13.0. The minimum atomic E-state index is -0.259. The minimum Gasteiger partial charge on any atom is -0.491 e. The number of hydrogen-bond acceptors (Lipinski definition) is 4. The summed E-state index contributed by atoms with van der Waals surface area (Å²) in [7, 11) is 0. The summed E-state index contributed by atoms with van der Waals surface area (Å²) in [6.07, 6.45) is 3.87. The highest BCUT2D eigenvalue weighted by molar-refractivity contribution is 8.18. The normalized spacial score (nSPS) is 15.5. The summed E-state index contributed by atoms with van der Waals surface area (Å²) in [6, 6.07) is 14.2. The number of carbonyl (C=O) groups is 2. The van der Waals surface area contributed by atoms with E-state index in [1.807, 2.05) is 43.5 Å². The number of ether oxygens (including phenoxy) is 1. The lowest BCUT2D eigenvalue weighted by Gasteiger charge is -2.17. The van der Waals surface area contributed by atoms with Gasteiger partial charge in [-0.1, -0.05) is 44.2 Å². The molecule has 2 aromatic carbocycles. The van der Waals surface area contributed by atoms with Gasteiger partial charge in [0.15, 0.2) is 0 Å². The molecule has 0 aliphatic carbocycles. The summed E-state index contributed by atoms with van der Waals surface area (Å²) >= 11 is 0.993. The van der Waals surface area contributed by atoms with E-state index in [2.05, 4.69) is 43.5 Å². The van der Waals surface area contributed by atoms with Crippen LogP contribution in [0.3, 0.4) is 0 Å². The second-order valence-electron chi connectivity index (χ2n) is 8.27. The van der Waals surface area contributed by atoms with Crippen molar-refractivity contribution >= 4 is 39.9 Å². The van der Waals surface area contributed by atoms with Gasteiger partial charge in [0.05, 0.1) is 11.4 Å². The molecule has 0 radical (unpaired) electrons. The number of imide groups is 1. The van der Waals surface area contributed by atoms with Gasteiger partial charge in [-0.05, 0) is 60.9 Å². The Balaban J connectivity index is 1.49. The molecule has 1 aromatic heterocycles. The van der Waals surface area contributed by atoms with Crippen LogP contribution >= 0.6 is 11.8 Å². The van der Waals surface area contributed by atoms with Gasteiger partial charge >= 0.3 is 0 Å². The van der Waals surface area contributed by atoms with Crippen LogP contribution < -0.4 is 4.74 Å². The molecular weight excluding hydrogens is 420 g/mol. The maximum Gasteiger partial charge on any atom is 0.293 e. The summed E-state index contributed by atoms with van der Waals surface area (Å²) in [4.78, 5) is 27.2. The molecule has 0 spiro atoms. The van der Waals surface area contributed by atoms with Crippen LogP contribution in [0.4, 0.5) is 4.79 Å². The van der Waals surface area contributed by atoms with Crippen molar-refractivity contribution < 1.29 is 14.3 Å². The Kier molecular flexibility index (Phi) is 6.42. The van der Waals surface area contributed by atoms with Crippen LogP contribution in [0.2, 0.25) is 0 Å². The molecule has 0 bridgehead atoms.